The molecule has 2 N–H and O–H groups in total. The second-order valence-corrected chi connectivity index (χ2v) is 8.57. The molecule has 2 atom stereocenters. The molecular weight excluding hydrogens is 470 g/mol. The molecule has 2 aromatic rings. The van der Waals surface area contributed by atoms with Gasteiger partial charge in [0.2, 0.25) is 6.79 Å². The summed E-state index contributed by atoms with van der Waals surface area (Å²) in [5.41, 5.74) is 3.98. The summed E-state index contributed by atoms with van der Waals surface area (Å²) in [6, 6.07) is 3.21. The lowest BCUT2D eigenvalue weighted by Gasteiger charge is -2.39. The van der Waals surface area contributed by atoms with Crippen molar-refractivity contribution in [3.05, 3.63) is 50.0 Å². The van der Waals surface area contributed by atoms with Crippen LogP contribution in [0.25, 0.3) is 0 Å². The second kappa shape index (κ2) is 7.67. The number of rotatable bonds is 4. The first-order chi connectivity index (χ1) is 15.0. The molecule has 0 radical (unpaired) electrons. The zero-order valence-corrected chi connectivity index (χ0v) is 18.7. The van der Waals surface area contributed by atoms with Crippen LogP contribution in [0.5, 0.6) is 17.2 Å². The lowest BCUT2D eigenvalue weighted by Crippen LogP contribution is -2.37. The number of aliphatic hydroxyl groups is 2. The molecule has 164 valence electrons. The molecule has 3 heterocycles. The smallest absolute Gasteiger partial charge is 0.339 e. The van der Waals surface area contributed by atoms with E-state index in [4.69, 9.17) is 18.9 Å². The van der Waals surface area contributed by atoms with Crippen LogP contribution in [0.2, 0.25) is 0 Å². The van der Waals surface area contributed by atoms with E-state index in [1.807, 2.05) is 13.1 Å². The van der Waals surface area contributed by atoms with Gasteiger partial charge in [-0.15, -0.1) is 0 Å². The number of esters is 1. The Labute approximate surface area is 187 Å². The van der Waals surface area contributed by atoms with Gasteiger partial charge in [0, 0.05) is 23.2 Å². The Bertz CT molecular complexity index is 1090. The third kappa shape index (κ3) is 2.87. The van der Waals surface area contributed by atoms with Gasteiger partial charge in [-0.25, -0.2) is 4.79 Å². The fourth-order valence-electron chi connectivity index (χ4n) is 4.96. The summed E-state index contributed by atoms with van der Waals surface area (Å²) in [5, 5.41) is 20.2. The van der Waals surface area contributed by atoms with Gasteiger partial charge in [-0.3, -0.25) is 4.90 Å². The van der Waals surface area contributed by atoms with E-state index < -0.39 is 12.1 Å². The van der Waals surface area contributed by atoms with E-state index in [1.165, 1.54) is 7.11 Å². The van der Waals surface area contributed by atoms with Gasteiger partial charge in [-0.2, -0.15) is 0 Å². The third-order valence-corrected chi connectivity index (χ3v) is 7.19. The molecule has 0 amide bonds. The molecule has 0 saturated carbocycles. The number of hydrogen-bond acceptors (Lipinski definition) is 8. The number of nitrogens with zero attached hydrogens (tertiary/aromatic N) is 1. The van der Waals surface area contributed by atoms with Crippen molar-refractivity contribution < 1.29 is 34.0 Å². The average molecular weight is 492 g/mol. The molecule has 2 unspecified atom stereocenters. The average Bonchev–Trinajstić information content (AvgIpc) is 3.39. The highest BCUT2D eigenvalue weighted by Gasteiger charge is 2.45. The molecule has 0 fully saturated rings. The summed E-state index contributed by atoms with van der Waals surface area (Å²) in [6.45, 7) is 0.249. The molecule has 0 bridgehead atoms. The van der Waals surface area contributed by atoms with Crippen molar-refractivity contribution in [3.63, 3.8) is 0 Å². The number of halogens is 1. The molecule has 2 aromatic carbocycles. The van der Waals surface area contributed by atoms with Crippen LogP contribution >= 0.6 is 15.9 Å². The molecule has 3 aliphatic rings. The molecule has 5 rings (SSSR count). The standard InChI is InChI=1S/C22H22BrNO7/c1-24-6-5-10-15(13(8-26)20-21(17(10)23)30-9-29-20)18(24)19-11-3-4-14(28-2)12(7-25)16(11)22(27)31-19/h3-4,18-19,25-26H,5-9H2,1-2H3. The SMILES string of the molecule is COc1ccc2c(c1CO)C(=O)OC2C1c2c(c(Br)c3c(c2CO)OCO3)CCN1C. The van der Waals surface area contributed by atoms with Crippen molar-refractivity contribution in [1.82, 2.24) is 4.90 Å². The second-order valence-electron chi connectivity index (χ2n) is 7.78. The number of hydrogen-bond donors (Lipinski definition) is 2. The Morgan fingerprint density at radius 3 is 2.65 bits per heavy atom. The number of carbonyl (C=O) groups excluding carboxylic acids is 1. The van der Waals surface area contributed by atoms with Crippen LogP contribution in [0.1, 0.15) is 50.3 Å². The topological polar surface area (TPSA) is 97.7 Å². The lowest BCUT2D eigenvalue weighted by molar-refractivity contribution is 0.00884. The molecular formula is C22H22BrNO7. The number of methoxy groups -OCH3 is 1. The predicted molar refractivity (Wildman–Crippen MR) is 112 cm³/mol. The number of fused-ring (bicyclic) bond motifs is 3. The van der Waals surface area contributed by atoms with E-state index in [9.17, 15) is 15.0 Å². The minimum absolute atomic E-state index is 0.0885. The summed E-state index contributed by atoms with van der Waals surface area (Å²) < 4.78 is 23.3. The Kier molecular flexibility index (Phi) is 5.09. The first-order valence-corrected chi connectivity index (χ1v) is 10.8. The van der Waals surface area contributed by atoms with Gasteiger partial charge in [0.05, 0.1) is 36.4 Å². The highest BCUT2D eigenvalue weighted by molar-refractivity contribution is 9.10. The fourth-order valence-corrected chi connectivity index (χ4v) is 5.67. The molecule has 0 aromatic heterocycles. The number of carbonyl (C=O) groups is 1. The van der Waals surface area contributed by atoms with E-state index in [2.05, 4.69) is 20.8 Å². The van der Waals surface area contributed by atoms with Gasteiger partial charge in [0.1, 0.15) is 11.9 Å². The number of likely N-dealkylation sites (N-methyl/N-ethyl adjacent to an activating group) is 1. The minimum atomic E-state index is -0.611. The van der Waals surface area contributed by atoms with Crippen LogP contribution in [0.15, 0.2) is 16.6 Å². The highest BCUT2D eigenvalue weighted by Crippen LogP contribution is 2.54. The Balaban J connectivity index is 1.72. The number of aliphatic hydroxyl groups excluding tert-OH is 2. The quantitative estimate of drug-likeness (QED) is 0.629. The van der Waals surface area contributed by atoms with E-state index in [0.29, 0.717) is 39.5 Å². The van der Waals surface area contributed by atoms with Crippen LogP contribution in [-0.2, 0) is 24.4 Å². The van der Waals surface area contributed by atoms with Gasteiger partial charge in [0.25, 0.3) is 0 Å². The molecule has 0 spiro atoms. The molecule has 0 saturated heterocycles. The van der Waals surface area contributed by atoms with Crippen LogP contribution in [0.3, 0.4) is 0 Å². The van der Waals surface area contributed by atoms with Gasteiger partial charge in [0.15, 0.2) is 11.5 Å². The number of benzene rings is 2. The predicted octanol–water partition coefficient (Wildman–Crippen LogP) is 2.61. The molecule has 31 heavy (non-hydrogen) atoms. The van der Waals surface area contributed by atoms with Crippen molar-refractivity contribution in [2.45, 2.75) is 31.8 Å². The van der Waals surface area contributed by atoms with Gasteiger partial charge < -0.3 is 29.2 Å². The third-order valence-electron chi connectivity index (χ3n) is 6.36. The van der Waals surface area contributed by atoms with E-state index in [-0.39, 0.29) is 26.0 Å². The first kappa shape index (κ1) is 20.6. The Morgan fingerprint density at radius 1 is 1.19 bits per heavy atom. The molecule has 0 aliphatic carbocycles. The monoisotopic (exact) mass is 491 g/mol. The van der Waals surface area contributed by atoms with Gasteiger partial charge >= 0.3 is 5.97 Å². The number of cyclic esters (lactones) is 1. The summed E-state index contributed by atoms with van der Waals surface area (Å²) in [7, 11) is 3.47. The maximum atomic E-state index is 12.9. The largest absolute Gasteiger partial charge is 0.496 e. The summed E-state index contributed by atoms with van der Waals surface area (Å²) in [5.74, 6) is 1.07. The van der Waals surface area contributed by atoms with Crippen LogP contribution in [-0.4, -0.2) is 48.6 Å². The van der Waals surface area contributed by atoms with Crippen molar-refractivity contribution in [2.24, 2.45) is 0 Å². The first-order valence-electron chi connectivity index (χ1n) is 9.97. The van der Waals surface area contributed by atoms with Crippen molar-refractivity contribution in [3.8, 4) is 17.2 Å². The summed E-state index contributed by atoms with van der Waals surface area (Å²) in [6.07, 6.45) is 0.130. The van der Waals surface area contributed by atoms with E-state index in [0.717, 1.165) is 28.6 Å². The van der Waals surface area contributed by atoms with Gasteiger partial charge in [-0.1, -0.05) is 6.07 Å². The van der Waals surface area contributed by atoms with Crippen LogP contribution in [0.4, 0.5) is 0 Å². The van der Waals surface area contributed by atoms with Crippen LogP contribution in [0, 0.1) is 0 Å². The normalized spacial score (nSPS) is 21.6. The Hall–Kier alpha value is -2.33. The summed E-state index contributed by atoms with van der Waals surface area (Å²) >= 11 is 3.66. The van der Waals surface area contributed by atoms with E-state index >= 15 is 0 Å². The van der Waals surface area contributed by atoms with Crippen LogP contribution < -0.4 is 14.2 Å². The minimum Gasteiger partial charge on any atom is -0.496 e. The zero-order valence-electron chi connectivity index (χ0n) is 17.1. The fraction of sp³-hybridized carbons (Fsp3) is 0.409. The van der Waals surface area contributed by atoms with Crippen molar-refractivity contribution >= 4 is 21.9 Å². The maximum absolute atomic E-state index is 12.9. The molecule has 3 aliphatic heterocycles. The number of ether oxygens (including phenoxy) is 4. The lowest BCUT2D eigenvalue weighted by atomic mass is 9.83. The summed E-state index contributed by atoms with van der Waals surface area (Å²) in [4.78, 5) is 15.0. The van der Waals surface area contributed by atoms with Gasteiger partial charge in [-0.05, 0) is 46.6 Å². The molecule has 8 nitrogen and oxygen atoms in total. The molecule has 9 heteroatoms. The van der Waals surface area contributed by atoms with E-state index in [1.54, 1.807) is 6.07 Å². The maximum Gasteiger partial charge on any atom is 0.339 e. The highest BCUT2D eigenvalue weighted by atomic mass is 79.9. The Morgan fingerprint density at radius 2 is 1.94 bits per heavy atom. The van der Waals surface area contributed by atoms with Crippen molar-refractivity contribution in [2.75, 3.05) is 27.5 Å². The zero-order chi connectivity index (χ0) is 21.9. The van der Waals surface area contributed by atoms with Crippen molar-refractivity contribution in [1.29, 1.82) is 0 Å².